The van der Waals surface area contributed by atoms with Crippen LogP contribution in [0.1, 0.15) is 32.6 Å². The molecule has 0 saturated carbocycles. The van der Waals surface area contributed by atoms with Crippen LogP contribution in [0.2, 0.25) is 0 Å². The molecule has 0 spiro atoms. The van der Waals surface area contributed by atoms with Crippen molar-refractivity contribution in [2.24, 2.45) is 0 Å². The molecule has 106 valence electrons. The van der Waals surface area contributed by atoms with Gasteiger partial charge in [-0.3, -0.25) is 0 Å². The molecule has 0 unspecified atom stereocenters. The third-order valence-electron chi connectivity index (χ3n) is 3.60. The summed E-state index contributed by atoms with van der Waals surface area (Å²) in [6.45, 7) is 7.02. The number of hydrogen-bond acceptors (Lipinski definition) is 3. The monoisotopic (exact) mass is 262 g/mol. The molecule has 1 aromatic rings. The van der Waals surface area contributed by atoms with Gasteiger partial charge >= 0.3 is 0 Å². The SMILES string of the molecule is CCCCCCNc1ccc(N2CCOCC2)cc1. The van der Waals surface area contributed by atoms with Crippen molar-refractivity contribution >= 4 is 11.4 Å². The highest BCUT2D eigenvalue weighted by molar-refractivity contribution is 5.55. The van der Waals surface area contributed by atoms with E-state index >= 15 is 0 Å². The highest BCUT2D eigenvalue weighted by Gasteiger charge is 2.10. The Morgan fingerprint density at radius 3 is 2.47 bits per heavy atom. The van der Waals surface area contributed by atoms with Gasteiger partial charge in [-0.15, -0.1) is 0 Å². The van der Waals surface area contributed by atoms with Crippen LogP contribution < -0.4 is 10.2 Å². The van der Waals surface area contributed by atoms with Gasteiger partial charge in [-0.2, -0.15) is 0 Å². The van der Waals surface area contributed by atoms with Crippen molar-refractivity contribution in [3.63, 3.8) is 0 Å². The quantitative estimate of drug-likeness (QED) is 0.761. The average molecular weight is 262 g/mol. The Labute approximate surface area is 116 Å². The third kappa shape index (κ3) is 4.75. The second kappa shape index (κ2) is 8.05. The highest BCUT2D eigenvalue weighted by Crippen LogP contribution is 2.19. The predicted molar refractivity (Wildman–Crippen MR) is 82.1 cm³/mol. The Kier molecular flexibility index (Phi) is 6.02. The van der Waals surface area contributed by atoms with Crippen LogP contribution in [0, 0.1) is 0 Å². The van der Waals surface area contributed by atoms with Gasteiger partial charge in [-0.1, -0.05) is 26.2 Å². The van der Waals surface area contributed by atoms with Gasteiger partial charge in [0.15, 0.2) is 0 Å². The summed E-state index contributed by atoms with van der Waals surface area (Å²) in [5.41, 5.74) is 2.54. The Balaban J connectivity index is 1.74. The Bertz CT molecular complexity index is 344. The van der Waals surface area contributed by atoms with Crippen LogP contribution >= 0.6 is 0 Å². The maximum Gasteiger partial charge on any atom is 0.0642 e. The summed E-state index contributed by atoms with van der Waals surface area (Å²) in [5.74, 6) is 0. The number of unbranched alkanes of at least 4 members (excludes halogenated alkanes) is 3. The summed E-state index contributed by atoms with van der Waals surface area (Å²) in [6.07, 6.45) is 5.24. The van der Waals surface area contributed by atoms with Crippen molar-refractivity contribution < 1.29 is 4.74 Å². The first kappa shape index (κ1) is 14.2. The molecule has 3 nitrogen and oxygen atoms in total. The van der Waals surface area contributed by atoms with E-state index in [1.165, 1.54) is 37.1 Å². The van der Waals surface area contributed by atoms with E-state index in [0.29, 0.717) is 0 Å². The number of ether oxygens (including phenoxy) is 1. The first-order chi connectivity index (χ1) is 9.40. The summed E-state index contributed by atoms with van der Waals surface area (Å²) < 4.78 is 5.38. The van der Waals surface area contributed by atoms with Gasteiger partial charge in [0.25, 0.3) is 0 Å². The van der Waals surface area contributed by atoms with Crippen LogP contribution in [0.4, 0.5) is 11.4 Å². The number of morpholine rings is 1. The molecule has 0 bridgehead atoms. The van der Waals surface area contributed by atoms with Crippen LogP contribution in [-0.4, -0.2) is 32.8 Å². The van der Waals surface area contributed by atoms with E-state index in [2.05, 4.69) is 41.4 Å². The Morgan fingerprint density at radius 2 is 1.79 bits per heavy atom. The first-order valence-electron chi connectivity index (χ1n) is 7.57. The zero-order valence-electron chi connectivity index (χ0n) is 12.0. The van der Waals surface area contributed by atoms with Gasteiger partial charge in [-0.05, 0) is 30.7 Å². The molecule has 3 heteroatoms. The number of anilines is 2. The molecule has 1 aromatic carbocycles. The number of nitrogens with one attached hydrogen (secondary N) is 1. The fourth-order valence-corrected chi connectivity index (χ4v) is 2.40. The van der Waals surface area contributed by atoms with Crippen LogP contribution in [0.3, 0.4) is 0 Å². The molecule has 2 rings (SSSR count). The zero-order chi connectivity index (χ0) is 13.3. The lowest BCUT2D eigenvalue weighted by atomic mass is 10.2. The highest BCUT2D eigenvalue weighted by atomic mass is 16.5. The first-order valence-corrected chi connectivity index (χ1v) is 7.57. The van der Waals surface area contributed by atoms with Crippen LogP contribution in [0.15, 0.2) is 24.3 Å². The van der Waals surface area contributed by atoms with E-state index in [0.717, 1.165) is 32.8 Å². The van der Waals surface area contributed by atoms with Crippen molar-refractivity contribution in [3.8, 4) is 0 Å². The zero-order valence-corrected chi connectivity index (χ0v) is 12.0. The lowest BCUT2D eigenvalue weighted by Crippen LogP contribution is -2.36. The molecular weight excluding hydrogens is 236 g/mol. The molecule has 0 amide bonds. The number of hydrogen-bond donors (Lipinski definition) is 1. The summed E-state index contributed by atoms with van der Waals surface area (Å²) >= 11 is 0. The van der Waals surface area contributed by atoms with Crippen LogP contribution in [0.25, 0.3) is 0 Å². The Morgan fingerprint density at radius 1 is 1.05 bits per heavy atom. The van der Waals surface area contributed by atoms with E-state index in [1.54, 1.807) is 0 Å². The van der Waals surface area contributed by atoms with Gasteiger partial charge < -0.3 is 15.0 Å². The maximum atomic E-state index is 5.38. The number of nitrogens with zero attached hydrogens (tertiary/aromatic N) is 1. The molecule has 0 radical (unpaired) electrons. The van der Waals surface area contributed by atoms with Crippen molar-refractivity contribution in [2.75, 3.05) is 43.1 Å². The maximum absolute atomic E-state index is 5.38. The topological polar surface area (TPSA) is 24.5 Å². The third-order valence-corrected chi connectivity index (χ3v) is 3.60. The smallest absolute Gasteiger partial charge is 0.0642 e. The minimum absolute atomic E-state index is 0.845. The molecule has 0 atom stereocenters. The summed E-state index contributed by atoms with van der Waals surface area (Å²) in [5, 5.41) is 3.49. The molecule has 1 fully saturated rings. The molecule has 0 aromatic heterocycles. The van der Waals surface area contributed by atoms with Crippen molar-refractivity contribution in [3.05, 3.63) is 24.3 Å². The molecule has 0 aliphatic carbocycles. The van der Waals surface area contributed by atoms with Gasteiger partial charge in [0, 0.05) is 31.0 Å². The Hall–Kier alpha value is -1.22. The summed E-state index contributed by atoms with van der Waals surface area (Å²) in [4.78, 5) is 2.38. The van der Waals surface area contributed by atoms with E-state index in [4.69, 9.17) is 4.74 Å². The van der Waals surface area contributed by atoms with Crippen LogP contribution in [0.5, 0.6) is 0 Å². The molecule has 1 aliphatic rings. The van der Waals surface area contributed by atoms with E-state index in [9.17, 15) is 0 Å². The molecule has 1 aliphatic heterocycles. The lowest BCUT2D eigenvalue weighted by Gasteiger charge is -2.28. The van der Waals surface area contributed by atoms with Gasteiger partial charge in [-0.25, -0.2) is 0 Å². The molecule has 1 N–H and O–H groups in total. The van der Waals surface area contributed by atoms with Crippen molar-refractivity contribution in [2.45, 2.75) is 32.6 Å². The fourth-order valence-electron chi connectivity index (χ4n) is 2.40. The average Bonchev–Trinajstić information content (AvgIpc) is 2.49. The molecule has 19 heavy (non-hydrogen) atoms. The molecule has 1 heterocycles. The largest absolute Gasteiger partial charge is 0.385 e. The van der Waals surface area contributed by atoms with Crippen molar-refractivity contribution in [1.29, 1.82) is 0 Å². The van der Waals surface area contributed by atoms with Crippen molar-refractivity contribution in [1.82, 2.24) is 0 Å². The van der Waals surface area contributed by atoms with E-state index in [1.807, 2.05) is 0 Å². The predicted octanol–water partition coefficient (Wildman–Crippen LogP) is 3.52. The number of benzene rings is 1. The second-order valence-electron chi connectivity index (χ2n) is 5.13. The van der Waals surface area contributed by atoms with Crippen LogP contribution in [-0.2, 0) is 4.74 Å². The summed E-state index contributed by atoms with van der Waals surface area (Å²) in [6, 6.07) is 8.79. The van der Waals surface area contributed by atoms with Gasteiger partial charge in [0.1, 0.15) is 0 Å². The minimum atomic E-state index is 0.845. The molecule has 1 saturated heterocycles. The van der Waals surface area contributed by atoms with Gasteiger partial charge in [0.05, 0.1) is 13.2 Å². The van der Waals surface area contributed by atoms with E-state index < -0.39 is 0 Å². The number of rotatable bonds is 7. The van der Waals surface area contributed by atoms with Gasteiger partial charge in [0.2, 0.25) is 0 Å². The molecular formula is C16H26N2O. The normalized spacial score (nSPS) is 15.5. The fraction of sp³-hybridized carbons (Fsp3) is 0.625. The van der Waals surface area contributed by atoms with E-state index in [-0.39, 0.29) is 0 Å². The lowest BCUT2D eigenvalue weighted by molar-refractivity contribution is 0.122. The minimum Gasteiger partial charge on any atom is -0.385 e. The standard InChI is InChI=1S/C16H26N2O/c1-2-3-4-5-10-17-15-6-8-16(9-7-15)18-11-13-19-14-12-18/h6-9,17H,2-5,10-14H2,1H3. The summed E-state index contributed by atoms with van der Waals surface area (Å²) in [7, 11) is 0. The second-order valence-corrected chi connectivity index (χ2v) is 5.13.